The van der Waals surface area contributed by atoms with Crippen LogP contribution in [0.2, 0.25) is 0 Å². The Bertz CT molecular complexity index is 1320. The van der Waals surface area contributed by atoms with Gasteiger partial charge in [0, 0.05) is 56.1 Å². The largest absolute Gasteiger partial charge is 0.490 e. The Labute approximate surface area is 222 Å². The van der Waals surface area contributed by atoms with E-state index in [0.717, 1.165) is 48.7 Å². The molecule has 0 radical (unpaired) electrons. The van der Waals surface area contributed by atoms with Gasteiger partial charge in [-0.2, -0.15) is 26.3 Å². The van der Waals surface area contributed by atoms with Gasteiger partial charge in [-0.05, 0) is 36.1 Å². The third kappa shape index (κ3) is 9.67. The molecular formula is C24H23F6N5O5. The molecule has 0 spiro atoms. The van der Waals surface area contributed by atoms with Crippen molar-refractivity contribution in [2.75, 3.05) is 18.0 Å². The molecule has 0 saturated heterocycles. The first-order valence-electron chi connectivity index (χ1n) is 11.3. The summed E-state index contributed by atoms with van der Waals surface area (Å²) in [5, 5.41) is 14.2. The molecule has 2 N–H and O–H groups in total. The standard InChI is InChI=1S/C20H21N5O.2C2HF3O2/c1-15-11-22-20(23-12-15)24-9-6-17-4-5-19(26)25(18(17)7-10-24)14-16-3-2-8-21-13-16;2*3-2(4,5)1(6)7/h2-5,8,11-13H,6-7,9-10,14H2,1H3;2*(H,6,7). The number of carboxylic acid groups (broad SMARTS) is 2. The van der Waals surface area contributed by atoms with Gasteiger partial charge in [0.2, 0.25) is 5.95 Å². The summed E-state index contributed by atoms with van der Waals surface area (Å²) in [5.41, 5.74) is 4.45. The molecule has 0 unspecified atom stereocenters. The zero-order valence-electron chi connectivity index (χ0n) is 20.8. The predicted molar refractivity (Wildman–Crippen MR) is 128 cm³/mol. The van der Waals surface area contributed by atoms with E-state index in [0.29, 0.717) is 6.54 Å². The molecule has 3 aromatic rings. The van der Waals surface area contributed by atoms with Crippen LogP contribution in [-0.2, 0) is 29.0 Å². The molecule has 0 atom stereocenters. The summed E-state index contributed by atoms with van der Waals surface area (Å²) in [6.07, 6.45) is -1.24. The van der Waals surface area contributed by atoms with Crippen molar-refractivity contribution in [1.82, 2.24) is 19.5 Å². The van der Waals surface area contributed by atoms with Gasteiger partial charge in [0.25, 0.3) is 5.56 Å². The third-order valence-electron chi connectivity index (χ3n) is 5.26. The summed E-state index contributed by atoms with van der Waals surface area (Å²) in [7, 11) is 0. The number of nitrogens with zero attached hydrogens (tertiary/aromatic N) is 5. The summed E-state index contributed by atoms with van der Waals surface area (Å²) >= 11 is 0. The Balaban J connectivity index is 0.000000333. The highest BCUT2D eigenvalue weighted by Crippen LogP contribution is 2.18. The second kappa shape index (κ2) is 13.5. The van der Waals surface area contributed by atoms with Crippen LogP contribution in [0.5, 0.6) is 0 Å². The van der Waals surface area contributed by atoms with Gasteiger partial charge in [-0.15, -0.1) is 0 Å². The predicted octanol–water partition coefficient (Wildman–Crippen LogP) is 3.26. The monoisotopic (exact) mass is 575 g/mol. The molecular weight excluding hydrogens is 552 g/mol. The first-order valence-corrected chi connectivity index (χ1v) is 11.3. The number of carbonyl (C=O) groups is 2. The molecule has 0 bridgehead atoms. The molecule has 1 aliphatic rings. The van der Waals surface area contributed by atoms with Gasteiger partial charge in [-0.1, -0.05) is 12.1 Å². The van der Waals surface area contributed by atoms with Crippen molar-refractivity contribution in [2.24, 2.45) is 0 Å². The van der Waals surface area contributed by atoms with E-state index >= 15 is 0 Å². The van der Waals surface area contributed by atoms with Gasteiger partial charge in [-0.25, -0.2) is 19.6 Å². The summed E-state index contributed by atoms with van der Waals surface area (Å²) < 4.78 is 65.4. The fourth-order valence-corrected chi connectivity index (χ4v) is 3.39. The Hall–Kier alpha value is -4.50. The number of alkyl halides is 6. The van der Waals surface area contributed by atoms with E-state index in [1.807, 2.05) is 48.3 Å². The van der Waals surface area contributed by atoms with Crippen molar-refractivity contribution in [3.63, 3.8) is 0 Å². The van der Waals surface area contributed by atoms with Crippen molar-refractivity contribution in [2.45, 2.75) is 38.7 Å². The summed E-state index contributed by atoms with van der Waals surface area (Å²) in [6.45, 7) is 4.18. The Kier molecular flexibility index (Phi) is 10.7. The lowest BCUT2D eigenvalue weighted by Crippen LogP contribution is -2.28. The van der Waals surface area contributed by atoms with Crippen molar-refractivity contribution >= 4 is 17.9 Å². The van der Waals surface area contributed by atoms with Gasteiger partial charge >= 0.3 is 24.3 Å². The Morgan fingerprint density at radius 3 is 1.95 bits per heavy atom. The van der Waals surface area contributed by atoms with Crippen LogP contribution in [0.25, 0.3) is 0 Å². The van der Waals surface area contributed by atoms with E-state index < -0.39 is 24.3 Å². The smallest absolute Gasteiger partial charge is 0.475 e. The van der Waals surface area contributed by atoms with Crippen molar-refractivity contribution < 1.29 is 46.1 Å². The van der Waals surface area contributed by atoms with E-state index in [-0.39, 0.29) is 5.56 Å². The lowest BCUT2D eigenvalue weighted by molar-refractivity contribution is -0.193. The quantitative estimate of drug-likeness (QED) is 0.451. The SMILES string of the molecule is Cc1cnc(N2CCc3ccc(=O)n(Cc4cccnc4)c3CC2)nc1.O=C(O)C(F)(F)F.O=C(O)C(F)(F)F. The number of aliphatic carboxylic acids is 2. The van der Waals surface area contributed by atoms with E-state index in [1.165, 1.54) is 5.56 Å². The average molecular weight is 575 g/mol. The second-order valence-corrected chi connectivity index (χ2v) is 8.24. The van der Waals surface area contributed by atoms with Crippen LogP contribution in [-0.4, -0.2) is 67.1 Å². The molecule has 16 heteroatoms. The van der Waals surface area contributed by atoms with Crippen molar-refractivity contribution in [3.05, 3.63) is 81.8 Å². The van der Waals surface area contributed by atoms with Crippen LogP contribution in [0.15, 0.2) is 53.8 Å². The number of halogens is 6. The number of carboxylic acids is 2. The summed E-state index contributed by atoms with van der Waals surface area (Å²) in [5.74, 6) is -4.76. The van der Waals surface area contributed by atoms with Crippen molar-refractivity contribution in [3.8, 4) is 0 Å². The van der Waals surface area contributed by atoms with Crippen molar-refractivity contribution in [1.29, 1.82) is 0 Å². The fourth-order valence-electron chi connectivity index (χ4n) is 3.39. The molecule has 0 saturated carbocycles. The van der Waals surface area contributed by atoms with Crippen LogP contribution >= 0.6 is 0 Å². The second-order valence-electron chi connectivity index (χ2n) is 8.24. The number of aromatic nitrogens is 4. The molecule has 3 aromatic heterocycles. The molecule has 0 fully saturated rings. The van der Waals surface area contributed by atoms with E-state index in [2.05, 4.69) is 19.9 Å². The van der Waals surface area contributed by atoms with Gasteiger partial charge in [0.1, 0.15) is 0 Å². The maximum atomic E-state index is 12.5. The number of hydrogen-bond acceptors (Lipinski definition) is 7. The minimum absolute atomic E-state index is 0.0349. The summed E-state index contributed by atoms with van der Waals surface area (Å²) in [6, 6.07) is 7.55. The maximum absolute atomic E-state index is 12.5. The van der Waals surface area contributed by atoms with Crippen LogP contribution < -0.4 is 10.5 Å². The fraction of sp³-hybridized carbons (Fsp3) is 0.333. The van der Waals surface area contributed by atoms with Crippen LogP contribution in [0, 0.1) is 6.92 Å². The number of pyridine rings is 2. The zero-order chi connectivity index (χ0) is 30.1. The zero-order valence-corrected chi connectivity index (χ0v) is 20.8. The molecule has 0 amide bonds. The molecule has 0 aromatic carbocycles. The minimum atomic E-state index is -5.08. The maximum Gasteiger partial charge on any atom is 0.490 e. The Morgan fingerprint density at radius 2 is 1.45 bits per heavy atom. The minimum Gasteiger partial charge on any atom is -0.475 e. The van der Waals surface area contributed by atoms with E-state index in [9.17, 15) is 31.1 Å². The first kappa shape index (κ1) is 31.7. The third-order valence-corrected chi connectivity index (χ3v) is 5.26. The van der Waals surface area contributed by atoms with Crippen LogP contribution in [0.3, 0.4) is 0 Å². The summed E-state index contributed by atoms with van der Waals surface area (Å²) in [4.78, 5) is 45.5. The highest BCUT2D eigenvalue weighted by molar-refractivity contribution is 5.73. The molecule has 10 nitrogen and oxygen atoms in total. The normalized spacial score (nSPS) is 13.0. The van der Waals surface area contributed by atoms with E-state index in [1.54, 1.807) is 12.3 Å². The molecule has 1 aliphatic heterocycles. The van der Waals surface area contributed by atoms with Gasteiger partial charge in [-0.3, -0.25) is 9.78 Å². The first-order chi connectivity index (χ1) is 18.6. The van der Waals surface area contributed by atoms with Gasteiger partial charge in [0.15, 0.2) is 0 Å². The number of rotatable bonds is 3. The Morgan fingerprint density at radius 1 is 0.900 bits per heavy atom. The molecule has 0 aliphatic carbocycles. The number of hydrogen-bond donors (Lipinski definition) is 2. The van der Waals surface area contributed by atoms with E-state index in [4.69, 9.17) is 19.8 Å². The topological polar surface area (TPSA) is 139 Å². The van der Waals surface area contributed by atoms with Gasteiger partial charge < -0.3 is 19.7 Å². The highest BCUT2D eigenvalue weighted by atomic mass is 19.4. The number of fused-ring (bicyclic) bond motifs is 1. The lowest BCUT2D eigenvalue weighted by atomic mass is 10.1. The molecule has 40 heavy (non-hydrogen) atoms. The lowest BCUT2D eigenvalue weighted by Gasteiger charge is -2.19. The molecule has 4 rings (SSSR count). The molecule has 4 heterocycles. The number of anilines is 1. The highest BCUT2D eigenvalue weighted by Gasteiger charge is 2.38. The average Bonchev–Trinajstić information content (AvgIpc) is 3.09. The van der Waals surface area contributed by atoms with Crippen LogP contribution in [0.4, 0.5) is 32.3 Å². The number of aryl methyl sites for hydroxylation is 1. The molecule has 216 valence electrons. The van der Waals surface area contributed by atoms with Crippen LogP contribution in [0.1, 0.15) is 22.4 Å². The van der Waals surface area contributed by atoms with Gasteiger partial charge in [0.05, 0.1) is 6.54 Å².